The number of aryl methyl sites for hydroxylation is 1. The van der Waals surface area contributed by atoms with E-state index >= 15 is 0 Å². The second-order valence-electron chi connectivity index (χ2n) is 7.09. The third-order valence-electron chi connectivity index (χ3n) is 4.95. The first-order valence-electron chi connectivity index (χ1n) is 8.35. The minimum Gasteiger partial charge on any atom is -0.371 e. The van der Waals surface area contributed by atoms with Crippen molar-refractivity contribution in [3.05, 3.63) is 12.2 Å². The van der Waals surface area contributed by atoms with Gasteiger partial charge in [0, 0.05) is 19.0 Å². The van der Waals surface area contributed by atoms with E-state index in [1.807, 2.05) is 6.33 Å². The van der Waals surface area contributed by atoms with Gasteiger partial charge in [-0.1, -0.05) is 0 Å². The molecule has 0 saturated carbocycles. The van der Waals surface area contributed by atoms with Gasteiger partial charge in [-0.2, -0.15) is 0 Å². The molecule has 1 aromatic heterocycles. The Kier molecular flexibility index (Phi) is 4.31. The zero-order valence-electron chi connectivity index (χ0n) is 13.6. The normalized spacial score (nSPS) is 27.3. The highest BCUT2D eigenvalue weighted by molar-refractivity contribution is 4.99. The van der Waals surface area contributed by atoms with Crippen molar-refractivity contribution in [3.8, 4) is 0 Å². The first-order valence-corrected chi connectivity index (χ1v) is 8.35. The van der Waals surface area contributed by atoms with Gasteiger partial charge in [0.1, 0.15) is 12.2 Å². The molecule has 3 heterocycles. The van der Waals surface area contributed by atoms with E-state index < -0.39 is 0 Å². The van der Waals surface area contributed by atoms with Crippen LogP contribution in [0.2, 0.25) is 0 Å². The van der Waals surface area contributed by atoms with Crippen molar-refractivity contribution in [1.82, 2.24) is 19.7 Å². The Morgan fingerprint density at radius 3 is 2.67 bits per heavy atom. The quantitative estimate of drug-likeness (QED) is 0.855. The number of likely N-dealkylation sites (tertiary alicyclic amines) is 1. The predicted octanol–water partition coefficient (Wildman–Crippen LogP) is 2.44. The summed E-state index contributed by atoms with van der Waals surface area (Å²) in [7, 11) is 0. The van der Waals surface area contributed by atoms with Gasteiger partial charge in [-0.25, -0.2) is 0 Å². The number of piperidine rings is 1. The van der Waals surface area contributed by atoms with Crippen LogP contribution in [-0.4, -0.2) is 51.0 Å². The summed E-state index contributed by atoms with van der Waals surface area (Å²) in [6.07, 6.45) is 7.06. The van der Waals surface area contributed by atoms with E-state index in [4.69, 9.17) is 4.74 Å². The molecular weight excluding hydrogens is 264 g/mol. The van der Waals surface area contributed by atoms with E-state index in [1.54, 1.807) is 0 Å². The lowest BCUT2D eigenvalue weighted by molar-refractivity contribution is -0.0310. The van der Waals surface area contributed by atoms with Crippen LogP contribution in [-0.2, 0) is 11.3 Å². The highest BCUT2D eigenvalue weighted by Crippen LogP contribution is 2.31. The van der Waals surface area contributed by atoms with Crippen molar-refractivity contribution in [3.63, 3.8) is 0 Å². The Hall–Kier alpha value is -0.940. The van der Waals surface area contributed by atoms with Gasteiger partial charge in [-0.05, 0) is 59.5 Å². The molecule has 1 atom stereocenters. The fourth-order valence-electron chi connectivity index (χ4n) is 3.69. The minimum absolute atomic E-state index is 0.0839. The van der Waals surface area contributed by atoms with E-state index in [9.17, 15) is 0 Å². The summed E-state index contributed by atoms with van der Waals surface area (Å²) in [4.78, 5) is 2.56. The molecule has 118 valence electrons. The topological polar surface area (TPSA) is 43.2 Å². The Labute approximate surface area is 127 Å². The van der Waals surface area contributed by atoms with Crippen LogP contribution in [0.25, 0.3) is 0 Å². The first-order chi connectivity index (χ1) is 10.1. The molecule has 21 heavy (non-hydrogen) atoms. The van der Waals surface area contributed by atoms with Crippen molar-refractivity contribution in [2.45, 2.75) is 70.6 Å². The van der Waals surface area contributed by atoms with Crippen LogP contribution in [0, 0.1) is 0 Å². The zero-order chi connectivity index (χ0) is 14.9. The molecule has 2 fully saturated rings. The highest BCUT2D eigenvalue weighted by Gasteiger charge is 2.33. The van der Waals surface area contributed by atoms with Crippen LogP contribution < -0.4 is 0 Å². The standard InChI is InChI=1S/C16H28N4O/c1-4-20-12-17-18-15(20)13-6-9-19(10-7-13)11-14-5-8-16(2,3)21-14/h12-14H,4-11H2,1-3H3. The number of ether oxygens (including phenoxy) is 1. The van der Waals surface area contributed by atoms with Crippen LogP contribution in [0.5, 0.6) is 0 Å². The SMILES string of the molecule is CCn1cnnc1C1CCN(CC2CCC(C)(C)O2)CC1. The molecule has 5 heteroatoms. The number of hydrogen-bond acceptors (Lipinski definition) is 4. The first kappa shape index (κ1) is 15.0. The van der Waals surface area contributed by atoms with Gasteiger partial charge in [0.05, 0.1) is 11.7 Å². The van der Waals surface area contributed by atoms with Gasteiger partial charge in [0.15, 0.2) is 0 Å². The third-order valence-corrected chi connectivity index (χ3v) is 4.95. The maximum absolute atomic E-state index is 6.12. The number of rotatable bonds is 4. The van der Waals surface area contributed by atoms with Crippen molar-refractivity contribution < 1.29 is 4.74 Å². The second-order valence-corrected chi connectivity index (χ2v) is 7.09. The summed E-state index contributed by atoms with van der Waals surface area (Å²) in [5.41, 5.74) is 0.0839. The van der Waals surface area contributed by atoms with Crippen LogP contribution in [0.15, 0.2) is 6.33 Å². The van der Waals surface area contributed by atoms with Gasteiger partial charge < -0.3 is 14.2 Å². The highest BCUT2D eigenvalue weighted by atomic mass is 16.5. The lowest BCUT2D eigenvalue weighted by atomic mass is 9.95. The van der Waals surface area contributed by atoms with Crippen LogP contribution in [0.1, 0.15) is 58.2 Å². The van der Waals surface area contributed by atoms with Gasteiger partial charge in [-0.15, -0.1) is 10.2 Å². The molecule has 1 unspecified atom stereocenters. The lowest BCUT2D eigenvalue weighted by Crippen LogP contribution is -2.39. The molecule has 0 spiro atoms. The van der Waals surface area contributed by atoms with Crippen LogP contribution in [0.3, 0.4) is 0 Å². The number of nitrogens with zero attached hydrogens (tertiary/aromatic N) is 4. The van der Waals surface area contributed by atoms with Gasteiger partial charge in [0.25, 0.3) is 0 Å². The molecule has 0 bridgehead atoms. The van der Waals surface area contributed by atoms with E-state index in [0.717, 1.165) is 26.2 Å². The average molecular weight is 292 g/mol. The van der Waals surface area contributed by atoms with E-state index in [0.29, 0.717) is 12.0 Å². The van der Waals surface area contributed by atoms with Crippen molar-refractivity contribution >= 4 is 0 Å². The predicted molar refractivity (Wildman–Crippen MR) is 82.3 cm³/mol. The molecule has 2 aliphatic rings. The number of hydrogen-bond donors (Lipinski definition) is 0. The summed E-state index contributed by atoms with van der Waals surface area (Å²) >= 11 is 0. The van der Waals surface area contributed by atoms with E-state index in [2.05, 4.69) is 40.4 Å². The zero-order valence-corrected chi connectivity index (χ0v) is 13.6. The summed E-state index contributed by atoms with van der Waals surface area (Å²) < 4.78 is 8.30. The van der Waals surface area contributed by atoms with Gasteiger partial charge in [0.2, 0.25) is 0 Å². The summed E-state index contributed by atoms with van der Waals surface area (Å²) in [5, 5.41) is 8.39. The summed E-state index contributed by atoms with van der Waals surface area (Å²) in [6.45, 7) is 10.9. The molecular formula is C16H28N4O. The molecule has 0 amide bonds. The van der Waals surface area contributed by atoms with Crippen molar-refractivity contribution in [2.24, 2.45) is 0 Å². The third kappa shape index (κ3) is 3.46. The molecule has 2 saturated heterocycles. The van der Waals surface area contributed by atoms with Gasteiger partial charge in [-0.3, -0.25) is 0 Å². The fourth-order valence-corrected chi connectivity index (χ4v) is 3.69. The molecule has 5 nitrogen and oxygen atoms in total. The maximum atomic E-state index is 6.12. The molecule has 0 radical (unpaired) electrons. The summed E-state index contributed by atoms with van der Waals surface area (Å²) in [6, 6.07) is 0. The minimum atomic E-state index is 0.0839. The monoisotopic (exact) mass is 292 g/mol. The largest absolute Gasteiger partial charge is 0.371 e. The second kappa shape index (κ2) is 6.05. The van der Waals surface area contributed by atoms with Crippen LogP contribution in [0.4, 0.5) is 0 Å². The average Bonchev–Trinajstić information content (AvgIpc) is 3.06. The van der Waals surface area contributed by atoms with E-state index in [1.165, 1.54) is 31.5 Å². The Morgan fingerprint density at radius 2 is 2.05 bits per heavy atom. The fraction of sp³-hybridized carbons (Fsp3) is 0.875. The molecule has 1 aromatic rings. The maximum Gasteiger partial charge on any atom is 0.135 e. The van der Waals surface area contributed by atoms with Gasteiger partial charge >= 0.3 is 0 Å². The Morgan fingerprint density at radius 1 is 1.29 bits per heavy atom. The number of aromatic nitrogens is 3. The Bertz CT molecular complexity index is 463. The molecule has 0 aliphatic carbocycles. The molecule has 0 aromatic carbocycles. The summed E-state index contributed by atoms with van der Waals surface area (Å²) in [5.74, 6) is 1.75. The molecule has 0 N–H and O–H groups in total. The smallest absolute Gasteiger partial charge is 0.135 e. The van der Waals surface area contributed by atoms with Crippen molar-refractivity contribution in [1.29, 1.82) is 0 Å². The van der Waals surface area contributed by atoms with Crippen molar-refractivity contribution in [2.75, 3.05) is 19.6 Å². The molecule has 2 aliphatic heterocycles. The Balaban J connectivity index is 1.49. The van der Waals surface area contributed by atoms with E-state index in [-0.39, 0.29) is 5.60 Å². The van der Waals surface area contributed by atoms with Crippen LogP contribution >= 0.6 is 0 Å². The molecule has 3 rings (SSSR count). The lowest BCUT2D eigenvalue weighted by Gasteiger charge is -2.33.